The van der Waals surface area contributed by atoms with Crippen molar-refractivity contribution in [3.05, 3.63) is 35.9 Å². The summed E-state index contributed by atoms with van der Waals surface area (Å²) in [4.78, 5) is 24.0. The first-order chi connectivity index (χ1) is 9.99. The normalized spacial score (nSPS) is 21.7. The lowest BCUT2D eigenvalue weighted by atomic mass is 10.0. The van der Waals surface area contributed by atoms with Gasteiger partial charge in [0, 0.05) is 0 Å². The van der Waals surface area contributed by atoms with E-state index < -0.39 is 18.1 Å². The van der Waals surface area contributed by atoms with E-state index in [0.29, 0.717) is 0 Å². The summed E-state index contributed by atoms with van der Waals surface area (Å²) < 4.78 is 10.4. The highest BCUT2D eigenvalue weighted by molar-refractivity contribution is 5.88. The minimum atomic E-state index is -0.655. The standard InChI is InChI=1S/C16H21NO4/c1-10(2)13(17-15(18)14-11(3)21-14)16(19)20-9-12-7-5-4-6-8-12/h4-8,10-11,13-14H,9H2,1-3H3,(H,17,18)/t11-,13+,14-/m1/s1. The maximum Gasteiger partial charge on any atom is 0.329 e. The molecule has 2 rings (SSSR count). The molecule has 1 aromatic carbocycles. The Morgan fingerprint density at radius 2 is 1.90 bits per heavy atom. The third-order valence-electron chi connectivity index (χ3n) is 3.41. The Balaban J connectivity index is 1.88. The average Bonchev–Trinajstić information content (AvgIpc) is 3.20. The number of hydrogen-bond acceptors (Lipinski definition) is 4. The number of ether oxygens (including phenoxy) is 2. The molecule has 0 saturated carbocycles. The molecule has 3 atom stereocenters. The van der Waals surface area contributed by atoms with Crippen molar-refractivity contribution in [1.82, 2.24) is 5.32 Å². The first-order valence-electron chi connectivity index (χ1n) is 7.15. The summed E-state index contributed by atoms with van der Waals surface area (Å²) in [5, 5.41) is 2.71. The second kappa shape index (κ2) is 6.72. The monoisotopic (exact) mass is 291 g/mol. The Kier molecular flexibility index (Phi) is 4.96. The number of rotatable bonds is 6. The van der Waals surface area contributed by atoms with Crippen LogP contribution in [0, 0.1) is 5.92 Å². The lowest BCUT2D eigenvalue weighted by Gasteiger charge is -2.20. The van der Waals surface area contributed by atoms with Gasteiger partial charge < -0.3 is 14.8 Å². The van der Waals surface area contributed by atoms with Crippen LogP contribution < -0.4 is 5.32 Å². The van der Waals surface area contributed by atoms with E-state index in [9.17, 15) is 9.59 Å². The molecule has 5 nitrogen and oxygen atoms in total. The Hall–Kier alpha value is -1.88. The number of benzene rings is 1. The zero-order valence-corrected chi connectivity index (χ0v) is 12.5. The van der Waals surface area contributed by atoms with Crippen molar-refractivity contribution in [2.75, 3.05) is 0 Å². The van der Waals surface area contributed by atoms with E-state index in [1.807, 2.05) is 51.1 Å². The smallest absolute Gasteiger partial charge is 0.329 e. The van der Waals surface area contributed by atoms with Crippen LogP contribution in [0.2, 0.25) is 0 Å². The molecule has 1 saturated heterocycles. The highest BCUT2D eigenvalue weighted by Gasteiger charge is 2.42. The summed E-state index contributed by atoms with van der Waals surface area (Å²) >= 11 is 0. The van der Waals surface area contributed by atoms with Gasteiger partial charge in [-0.05, 0) is 18.4 Å². The Labute approximate surface area is 124 Å². The zero-order valence-electron chi connectivity index (χ0n) is 12.5. The van der Waals surface area contributed by atoms with E-state index in [0.717, 1.165) is 5.56 Å². The van der Waals surface area contributed by atoms with Crippen LogP contribution in [0.5, 0.6) is 0 Å². The minimum Gasteiger partial charge on any atom is -0.459 e. The highest BCUT2D eigenvalue weighted by Crippen LogP contribution is 2.21. The molecule has 114 valence electrons. The summed E-state index contributed by atoms with van der Waals surface area (Å²) in [7, 11) is 0. The van der Waals surface area contributed by atoms with E-state index in [1.54, 1.807) is 0 Å². The van der Waals surface area contributed by atoms with Crippen LogP contribution in [0.4, 0.5) is 0 Å². The maximum atomic E-state index is 12.1. The molecule has 1 heterocycles. The van der Waals surface area contributed by atoms with Crippen molar-refractivity contribution < 1.29 is 19.1 Å². The van der Waals surface area contributed by atoms with E-state index in [-0.39, 0.29) is 24.5 Å². The van der Waals surface area contributed by atoms with Gasteiger partial charge in [0.15, 0.2) is 6.10 Å². The zero-order chi connectivity index (χ0) is 15.4. The fourth-order valence-electron chi connectivity index (χ4n) is 2.01. The molecule has 1 aliphatic rings. The fraction of sp³-hybridized carbons (Fsp3) is 0.500. The number of epoxide rings is 1. The largest absolute Gasteiger partial charge is 0.459 e. The first-order valence-corrected chi connectivity index (χ1v) is 7.15. The molecule has 0 aromatic heterocycles. The summed E-state index contributed by atoms with van der Waals surface area (Å²) in [6.45, 7) is 5.76. The van der Waals surface area contributed by atoms with E-state index in [4.69, 9.17) is 9.47 Å². The lowest BCUT2D eigenvalue weighted by Crippen LogP contribution is -2.47. The molecule has 1 aromatic rings. The van der Waals surface area contributed by atoms with Gasteiger partial charge in [0.2, 0.25) is 0 Å². The Bertz CT molecular complexity index is 500. The quantitative estimate of drug-likeness (QED) is 0.639. The second-order valence-electron chi connectivity index (χ2n) is 5.59. The fourth-order valence-corrected chi connectivity index (χ4v) is 2.01. The second-order valence-corrected chi connectivity index (χ2v) is 5.59. The maximum absolute atomic E-state index is 12.1. The lowest BCUT2D eigenvalue weighted by molar-refractivity contribution is -0.150. The molecule has 0 bridgehead atoms. The van der Waals surface area contributed by atoms with Crippen LogP contribution in [0.15, 0.2) is 30.3 Å². The molecule has 1 amide bonds. The first kappa shape index (κ1) is 15.5. The van der Waals surface area contributed by atoms with Crippen LogP contribution in [-0.2, 0) is 25.7 Å². The predicted molar refractivity (Wildman–Crippen MR) is 77.3 cm³/mol. The SMILES string of the molecule is CC(C)[C@H](NC(=O)[C@@H]1O[C@@H]1C)C(=O)OCc1ccccc1. The van der Waals surface area contributed by atoms with Gasteiger partial charge in [0.1, 0.15) is 12.6 Å². The van der Waals surface area contributed by atoms with E-state index in [1.165, 1.54) is 0 Å². The van der Waals surface area contributed by atoms with Crippen molar-refractivity contribution in [1.29, 1.82) is 0 Å². The molecule has 1 fully saturated rings. The molecule has 1 aliphatic heterocycles. The number of carbonyl (C=O) groups is 2. The molecule has 5 heteroatoms. The summed E-state index contributed by atoms with van der Waals surface area (Å²) in [6.07, 6.45) is -0.508. The van der Waals surface area contributed by atoms with Gasteiger partial charge in [-0.25, -0.2) is 4.79 Å². The summed E-state index contributed by atoms with van der Waals surface area (Å²) in [6, 6.07) is 8.79. The van der Waals surface area contributed by atoms with Crippen LogP contribution in [0.25, 0.3) is 0 Å². The van der Waals surface area contributed by atoms with Crippen LogP contribution in [0.3, 0.4) is 0 Å². The van der Waals surface area contributed by atoms with Gasteiger partial charge in [-0.15, -0.1) is 0 Å². The van der Waals surface area contributed by atoms with Crippen molar-refractivity contribution in [3.8, 4) is 0 Å². The third kappa shape index (κ3) is 4.29. The molecule has 0 radical (unpaired) electrons. The predicted octanol–water partition coefficient (Wildman–Crippen LogP) is 1.66. The number of carbonyl (C=O) groups excluding carboxylic acids is 2. The number of hydrogen-bond donors (Lipinski definition) is 1. The molecule has 0 spiro atoms. The third-order valence-corrected chi connectivity index (χ3v) is 3.41. The molecule has 1 N–H and O–H groups in total. The molecule has 0 aliphatic carbocycles. The molecular weight excluding hydrogens is 270 g/mol. The van der Waals surface area contributed by atoms with Gasteiger partial charge in [-0.1, -0.05) is 44.2 Å². The molecular formula is C16H21NO4. The summed E-state index contributed by atoms with van der Waals surface area (Å²) in [5.41, 5.74) is 0.916. The topological polar surface area (TPSA) is 67.9 Å². The van der Waals surface area contributed by atoms with Gasteiger partial charge in [0.05, 0.1) is 6.10 Å². The number of esters is 1. The van der Waals surface area contributed by atoms with Crippen molar-refractivity contribution >= 4 is 11.9 Å². The van der Waals surface area contributed by atoms with Gasteiger partial charge in [-0.3, -0.25) is 4.79 Å². The van der Waals surface area contributed by atoms with E-state index >= 15 is 0 Å². The van der Waals surface area contributed by atoms with Gasteiger partial charge in [0.25, 0.3) is 5.91 Å². The van der Waals surface area contributed by atoms with Gasteiger partial charge >= 0.3 is 5.97 Å². The van der Waals surface area contributed by atoms with E-state index in [2.05, 4.69) is 5.32 Å². The van der Waals surface area contributed by atoms with Crippen molar-refractivity contribution in [3.63, 3.8) is 0 Å². The molecule has 21 heavy (non-hydrogen) atoms. The highest BCUT2D eigenvalue weighted by atomic mass is 16.6. The minimum absolute atomic E-state index is 0.0497. The van der Waals surface area contributed by atoms with Crippen molar-refractivity contribution in [2.45, 2.75) is 45.6 Å². The Morgan fingerprint density at radius 1 is 1.29 bits per heavy atom. The van der Waals surface area contributed by atoms with Crippen molar-refractivity contribution in [2.24, 2.45) is 5.92 Å². The number of amides is 1. The van der Waals surface area contributed by atoms with Crippen LogP contribution in [-0.4, -0.2) is 30.1 Å². The molecule has 0 unspecified atom stereocenters. The average molecular weight is 291 g/mol. The summed E-state index contributed by atoms with van der Waals surface area (Å²) in [5.74, 6) is -0.723. The van der Waals surface area contributed by atoms with Crippen LogP contribution in [0.1, 0.15) is 26.3 Å². The number of nitrogens with one attached hydrogen (secondary N) is 1. The Morgan fingerprint density at radius 3 is 2.43 bits per heavy atom. The van der Waals surface area contributed by atoms with Gasteiger partial charge in [-0.2, -0.15) is 0 Å². The van der Waals surface area contributed by atoms with Crippen LogP contribution >= 0.6 is 0 Å².